The molecule has 0 saturated carbocycles. The van der Waals surface area contributed by atoms with E-state index < -0.39 is 10.0 Å². The quantitative estimate of drug-likeness (QED) is 0.235. The lowest BCUT2D eigenvalue weighted by molar-refractivity contribution is 0.568. The fourth-order valence-electron chi connectivity index (χ4n) is 3.11. The van der Waals surface area contributed by atoms with Gasteiger partial charge in [0.25, 0.3) is 0 Å². The molecular formula is C23H34FIN4O2S. The minimum atomic E-state index is -3.43. The van der Waals surface area contributed by atoms with Gasteiger partial charge >= 0.3 is 0 Å². The molecule has 1 unspecified atom stereocenters. The second-order valence-electron chi connectivity index (χ2n) is 7.87. The number of aliphatic imine (C=N–C) groups is 1. The lowest BCUT2D eigenvalue weighted by Gasteiger charge is -2.19. The second kappa shape index (κ2) is 13.1. The highest BCUT2D eigenvalue weighted by Crippen LogP contribution is 2.17. The summed E-state index contributed by atoms with van der Waals surface area (Å²) in [4.78, 5) is 4.63. The van der Waals surface area contributed by atoms with Gasteiger partial charge in [0.2, 0.25) is 10.0 Å². The molecule has 0 aliphatic heterocycles. The van der Waals surface area contributed by atoms with Gasteiger partial charge in [0.15, 0.2) is 5.96 Å². The molecule has 0 bridgehead atoms. The van der Waals surface area contributed by atoms with Gasteiger partial charge in [-0.1, -0.05) is 36.4 Å². The van der Waals surface area contributed by atoms with Crippen LogP contribution in [0.2, 0.25) is 0 Å². The maximum atomic E-state index is 13.9. The Morgan fingerprint density at radius 1 is 1.09 bits per heavy atom. The van der Waals surface area contributed by atoms with Crippen LogP contribution in [0.15, 0.2) is 47.5 Å². The number of hydrogen-bond donors (Lipinski definition) is 3. The lowest BCUT2D eigenvalue weighted by atomic mass is 10.1. The van der Waals surface area contributed by atoms with Crippen molar-refractivity contribution in [2.75, 3.05) is 6.54 Å². The van der Waals surface area contributed by atoms with E-state index in [4.69, 9.17) is 0 Å². The zero-order valence-electron chi connectivity index (χ0n) is 19.3. The number of rotatable bonds is 9. The first kappa shape index (κ1) is 28.3. The SMILES string of the molecule is CCNC(=NCc1ccccc1CS(=O)(=O)NC(C)C)NC(C)c1ccc(C)c(F)c1.I. The summed E-state index contributed by atoms with van der Waals surface area (Å²) in [6.07, 6.45) is 0. The zero-order chi connectivity index (χ0) is 23.0. The predicted octanol–water partition coefficient (Wildman–Crippen LogP) is 4.40. The molecule has 178 valence electrons. The van der Waals surface area contributed by atoms with Crippen molar-refractivity contribution in [1.82, 2.24) is 15.4 Å². The molecule has 1 atom stereocenters. The van der Waals surface area contributed by atoms with Gasteiger partial charge in [-0.15, -0.1) is 24.0 Å². The molecular weight excluding hydrogens is 542 g/mol. The smallest absolute Gasteiger partial charge is 0.216 e. The van der Waals surface area contributed by atoms with E-state index in [-0.39, 0.29) is 47.6 Å². The van der Waals surface area contributed by atoms with Crippen molar-refractivity contribution in [3.05, 3.63) is 70.5 Å². The Balaban J connectivity index is 0.00000512. The summed E-state index contributed by atoms with van der Waals surface area (Å²) in [5.41, 5.74) is 2.97. The van der Waals surface area contributed by atoms with Crippen molar-refractivity contribution in [2.24, 2.45) is 4.99 Å². The second-order valence-corrected chi connectivity index (χ2v) is 9.62. The van der Waals surface area contributed by atoms with Gasteiger partial charge in [-0.25, -0.2) is 22.5 Å². The molecule has 0 fully saturated rings. The normalized spacial score (nSPS) is 12.9. The predicted molar refractivity (Wildman–Crippen MR) is 140 cm³/mol. The van der Waals surface area contributed by atoms with E-state index in [1.165, 1.54) is 6.07 Å². The fourth-order valence-corrected chi connectivity index (χ4v) is 4.60. The molecule has 0 aromatic heterocycles. The van der Waals surface area contributed by atoms with Gasteiger partial charge < -0.3 is 10.6 Å². The van der Waals surface area contributed by atoms with Gasteiger partial charge in [0.05, 0.1) is 18.3 Å². The first-order valence-corrected chi connectivity index (χ1v) is 12.1. The average molecular weight is 577 g/mol. The fraction of sp³-hybridized carbons (Fsp3) is 0.435. The van der Waals surface area contributed by atoms with Crippen LogP contribution in [-0.2, 0) is 22.3 Å². The van der Waals surface area contributed by atoms with E-state index in [9.17, 15) is 12.8 Å². The van der Waals surface area contributed by atoms with Crippen molar-refractivity contribution in [1.29, 1.82) is 0 Å². The van der Waals surface area contributed by atoms with Crippen molar-refractivity contribution in [3.63, 3.8) is 0 Å². The van der Waals surface area contributed by atoms with Gasteiger partial charge in [0.1, 0.15) is 5.82 Å². The van der Waals surface area contributed by atoms with Crippen LogP contribution in [0.3, 0.4) is 0 Å². The van der Waals surface area contributed by atoms with E-state index in [1.807, 2.05) is 44.2 Å². The maximum absolute atomic E-state index is 13.9. The largest absolute Gasteiger partial charge is 0.357 e. The zero-order valence-corrected chi connectivity index (χ0v) is 22.4. The van der Waals surface area contributed by atoms with Crippen molar-refractivity contribution < 1.29 is 12.8 Å². The van der Waals surface area contributed by atoms with Crippen LogP contribution in [0.25, 0.3) is 0 Å². The summed E-state index contributed by atoms with van der Waals surface area (Å²) in [6, 6.07) is 12.2. The average Bonchev–Trinajstić information content (AvgIpc) is 2.68. The molecule has 2 aromatic rings. The van der Waals surface area contributed by atoms with Crippen LogP contribution < -0.4 is 15.4 Å². The Hall–Kier alpha value is -1.72. The van der Waals surface area contributed by atoms with Crippen LogP contribution >= 0.6 is 24.0 Å². The molecule has 0 aliphatic rings. The number of nitrogens with one attached hydrogen (secondary N) is 3. The first-order valence-electron chi connectivity index (χ1n) is 10.5. The van der Waals surface area contributed by atoms with E-state index in [2.05, 4.69) is 20.3 Å². The van der Waals surface area contributed by atoms with Crippen molar-refractivity contribution >= 4 is 40.0 Å². The molecule has 32 heavy (non-hydrogen) atoms. The molecule has 9 heteroatoms. The molecule has 0 aliphatic carbocycles. The first-order chi connectivity index (χ1) is 14.6. The summed E-state index contributed by atoms with van der Waals surface area (Å²) >= 11 is 0. The molecule has 0 amide bonds. The number of halogens is 2. The summed E-state index contributed by atoms with van der Waals surface area (Å²) in [5, 5.41) is 6.47. The topological polar surface area (TPSA) is 82.6 Å². The molecule has 0 saturated heterocycles. The summed E-state index contributed by atoms with van der Waals surface area (Å²) < 4.78 is 41.2. The monoisotopic (exact) mass is 576 g/mol. The Kier molecular flexibility index (Phi) is 11.6. The van der Waals surface area contributed by atoms with Gasteiger partial charge in [0, 0.05) is 12.6 Å². The lowest BCUT2D eigenvalue weighted by Crippen LogP contribution is -2.38. The third-order valence-corrected chi connectivity index (χ3v) is 6.20. The highest BCUT2D eigenvalue weighted by molar-refractivity contribution is 14.0. The number of guanidine groups is 1. The third kappa shape index (κ3) is 9.03. The van der Waals surface area contributed by atoms with E-state index >= 15 is 0 Å². The van der Waals surface area contributed by atoms with Crippen LogP contribution in [0.5, 0.6) is 0 Å². The molecule has 2 aromatic carbocycles. The molecule has 0 spiro atoms. The highest BCUT2D eigenvalue weighted by Gasteiger charge is 2.15. The van der Waals surface area contributed by atoms with E-state index in [0.29, 0.717) is 30.2 Å². The Bertz CT molecular complexity index is 1010. The third-order valence-electron chi connectivity index (χ3n) is 4.68. The standard InChI is InChI=1S/C23H33FN4O2S.HI/c1-6-25-23(27-18(5)19-12-11-17(4)22(24)13-19)26-14-20-9-7-8-10-21(20)15-31(29,30)28-16(2)3;/h7-13,16,18,28H,6,14-15H2,1-5H3,(H2,25,26,27);1H. The number of nitrogens with zero attached hydrogens (tertiary/aromatic N) is 1. The Morgan fingerprint density at radius 3 is 2.34 bits per heavy atom. The number of sulfonamides is 1. The summed E-state index contributed by atoms with van der Waals surface area (Å²) in [6.45, 7) is 10.2. The molecule has 6 nitrogen and oxygen atoms in total. The van der Waals surface area contributed by atoms with Gasteiger partial charge in [-0.2, -0.15) is 0 Å². The maximum Gasteiger partial charge on any atom is 0.216 e. The summed E-state index contributed by atoms with van der Waals surface area (Å²) in [7, 11) is -3.43. The van der Waals surface area contributed by atoms with Gasteiger partial charge in [-0.3, -0.25) is 0 Å². The molecule has 0 radical (unpaired) electrons. The minimum absolute atomic E-state index is 0. The number of aryl methyl sites for hydroxylation is 1. The van der Waals surface area contributed by atoms with Gasteiger partial charge in [-0.05, 0) is 62.9 Å². The van der Waals surface area contributed by atoms with E-state index in [0.717, 1.165) is 11.1 Å². The summed E-state index contributed by atoms with van der Waals surface area (Å²) in [5.74, 6) is 0.243. The number of benzene rings is 2. The molecule has 3 N–H and O–H groups in total. The molecule has 0 heterocycles. The minimum Gasteiger partial charge on any atom is -0.357 e. The number of hydrogen-bond acceptors (Lipinski definition) is 3. The van der Waals surface area contributed by atoms with E-state index in [1.54, 1.807) is 26.8 Å². The van der Waals surface area contributed by atoms with Crippen molar-refractivity contribution in [3.8, 4) is 0 Å². The Morgan fingerprint density at radius 2 is 1.75 bits per heavy atom. The van der Waals surface area contributed by atoms with Crippen molar-refractivity contribution in [2.45, 2.75) is 59.0 Å². The van der Waals surface area contributed by atoms with Crippen LogP contribution in [-0.4, -0.2) is 27.0 Å². The highest BCUT2D eigenvalue weighted by atomic mass is 127. The molecule has 2 rings (SSSR count). The van der Waals surface area contributed by atoms with Crippen LogP contribution in [0, 0.1) is 12.7 Å². The Labute approximate surface area is 208 Å². The van der Waals surface area contributed by atoms with Crippen LogP contribution in [0.1, 0.15) is 56.0 Å². The van der Waals surface area contributed by atoms with Crippen LogP contribution in [0.4, 0.5) is 4.39 Å².